The Labute approximate surface area is 88.7 Å². The van der Waals surface area contributed by atoms with Gasteiger partial charge in [0.1, 0.15) is 11.2 Å². The minimum absolute atomic E-state index is 0.649. The van der Waals surface area contributed by atoms with Crippen molar-refractivity contribution in [3.05, 3.63) is 17.2 Å². The maximum Gasteiger partial charge on any atom is 0.317 e. The summed E-state index contributed by atoms with van der Waals surface area (Å²) in [4.78, 5) is 18.8. The number of aromatic nitrogens is 2. The highest BCUT2D eigenvalue weighted by atomic mass is 16.4. The summed E-state index contributed by atoms with van der Waals surface area (Å²) in [5.41, 5.74) is 1.26. The molecule has 0 radical (unpaired) electrons. The lowest BCUT2D eigenvalue weighted by molar-refractivity contribution is -0.147. The highest BCUT2D eigenvalue weighted by Crippen LogP contribution is 2.42. The topological polar surface area (TPSA) is 66.0 Å². The molecule has 1 saturated carbocycles. The van der Waals surface area contributed by atoms with Crippen LogP contribution in [0.5, 0.6) is 0 Å². The van der Waals surface area contributed by atoms with Crippen molar-refractivity contribution < 1.29 is 9.90 Å². The van der Waals surface area contributed by atoms with Crippen molar-refractivity contribution in [2.24, 2.45) is 0 Å². The maximum atomic E-state index is 11.3. The van der Waals surface area contributed by atoms with Crippen molar-refractivity contribution in [1.29, 1.82) is 0 Å². The van der Waals surface area contributed by atoms with E-state index in [1.54, 1.807) is 0 Å². The Morgan fingerprint density at radius 2 is 2.27 bits per heavy atom. The Kier molecular flexibility index (Phi) is 2.29. The van der Waals surface area contributed by atoms with E-state index in [9.17, 15) is 9.90 Å². The minimum Gasteiger partial charge on any atom is -0.480 e. The molecule has 0 unspecified atom stereocenters. The first kappa shape index (κ1) is 10.2. The third-order valence-electron chi connectivity index (χ3n) is 3.39. The lowest BCUT2D eigenvalue weighted by Crippen LogP contribution is -2.43. The molecule has 0 aliphatic heterocycles. The van der Waals surface area contributed by atoms with E-state index in [1.165, 1.54) is 0 Å². The molecule has 0 atom stereocenters. The van der Waals surface area contributed by atoms with Crippen molar-refractivity contribution >= 4 is 5.97 Å². The number of aryl methyl sites for hydroxylation is 2. The van der Waals surface area contributed by atoms with Crippen molar-refractivity contribution in [3.8, 4) is 0 Å². The standard InChI is InChI=1S/C11H16N2O2/c1-3-8-7(2)12-9(13-8)11(10(14)15)5-4-6-11/h3-6H2,1-2H3,(H,12,13)(H,14,15). The molecule has 15 heavy (non-hydrogen) atoms. The van der Waals surface area contributed by atoms with Crippen LogP contribution in [0.3, 0.4) is 0 Å². The zero-order valence-electron chi connectivity index (χ0n) is 9.13. The first-order valence-electron chi connectivity index (χ1n) is 5.39. The van der Waals surface area contributed by atoms with Crippen molar-refractivity contribution in [2.45, 2.75) is 44.9 Å². The van der Waals surface area contributed by atoms with Gasteiger partial charge in [-0.2, -0.15) is 0 Å². The Morgan fingerprint density at radius 1 is 1.60 bits per heavy atom. The molecule has 0 amide bonds. The number of nitrogens with one attached hydrogen (secondary N) is 1. The number of rotatable bonds is 3. The molecule has 0 bridgehead atoms. The van der Waals surface area contributed by atoms with Crippen LogP contribution in [0.4, 0.5) is 0 Å². The van der Waals surface area contributed by atoms with Gasteiger partial charge >= 0.3 is 5.97 Å². The number of carbonyl (C=O) groups is 1. The van der Waals surface area contributed by atoms with Crippen molar-refractivity contribution in [1.82, 2.24) is 9.97 Å². The van der Waals surface area contributed by atoms with E-state index >= 15 is 0 Å². The number of imidazole rings is 1. The molecule has 1 heterocycles. The van der Waals surface area contributed by atoms with E-state index in [0.29, 0.717) is 18.7 Å². The van der Waals surface area contributed by atoms with E-state index in [4.69, 9.17) is 0 Å². The fourth-order valence-corrected chi connectivity index (χ4v) is 2.15. The minimum atomic E-state index is -0.745. The van der Waals surface area contributed by atoms with Crippen LogP contribution in [0.1, 0.15) is 43.4 Å². The van der Waals surface area contributed by atoms with Crippen LogP contribution in [-0.4, -0.2) is 21.0 Å². The highest BCUT2D eigenvalue weighted by molar-refractivity contribution is 5.81. The average molecular weight is 208 g/mol. The first-order chi connectivity index (χ1) is 7.10. The fourth-order valence-electron chi connectivity index (χ4n) is 2.15. The number of carboxylic acid groups (broad SMARTS) is 1. The van der Waals surface area contributed by atoms with Gasteiger partial charge < -0.3 is 10.1 Å². The number of hydrogen-bond acceptors (Lipinski definition) is 2. The van der Waals surface area contributed by atoms with Gasteiger partial charge in [-0.1, -0.05) is 13.3 Å². The smallest absolute Gasteiger partial charge is 0.317 e. The third kappa shape index (κ3) is 1.35. The lowest BCUT2D eigenvalue weighted by atomic mass is 9.68. The van der Waals surface area contributed by atoms with Crippen molar-refractivity contribution in [3.63, 3.8) is 0 Å². The van der Waals surface area contributed by atoms with Crippen LogP contribution in [0.15, 0.2) is 0 Å². The number of H-pyrrole nitrogens is 1. The summed E-state index contributed by atoms with van der Waals surface area (Å²) in [7, 11) is 0. The Balaban J connectivity index is 2.39. The Morgan fingerprint density at radius 3 is 2.60 bits per heavy atom. The SMILES string of the molecule is CCc1nc(C2(C(=O)O)CCC2)[nH]c1C. The van der Waals surface area contributed by atoms with Crippen LogP contribution in [0.25, 0.3) is 0 Å². The molecule has 0 saturated heterocycles. The van der Waals surface area contributed by atoms with E-state index in [0.717, 1.165) is 24.2 Å². The summed E-state index contributed by atoms with van der Waals surface area (Å²) in [5.74, 6) is -0.0965. The molecular formula is C11H16N2O2. The van der Waals surface area contributed by atoms with E-state index in [2.05, 4.69) is 9.97 Å². The second-order valence-corrected chi connectivity index (χ2v) is 4.25. The maximum absolute atomic E-state index is 11.3. The molecule has 82 valence electrons. The van der Waals surface area contributed by atoms with E-state index < -0.39 is 11.4 Å². The third-order valence-corrected chi connectivity index (χ3v) is 3.39. The van der Waals surface area contributed by atoms with Crippen LogP contribution in [-0.2, 0) is 16.6 Å². The molecule has 2 rings (SSSR count). The number of hydrogen-bond donors (Lipinski definition) is 2. The Hall–Kier alpha value is -1.32. The molecule has 0 spiro atoms. The summed E-state index contributed by atoms with van der Waals surface area (Å²) < 4.78 is 0. The van der Waals surface area contributed by atoms with Gasteiger partial charge in [0, 0.05) is 5.69 Å². The van der Waals surface area contributed by atoms with Crippen LogP contribution < -0.4 is 0 Å². The quantitative estimate of drug-likeness (QED) is 0.795. The van der Waals surface area contributed by atoms with Gasteiger partial charge in [0.25, 0.3) is 0 Å². The molecule has 1 aromatic rings. The van der Waals surface area contributed by atoms with Gasteiger partial charge in [0.05, 0.1) is 5.69 Å². The summed E-state index contributed by atoms with van der Waals surface area (Å²) in [6.45, 7) is 3.98. The molecule has 2 N–H and O–H groups in total. The molecule has 1 aliphatic carbocycles. The number of carboxylic acids is 1. The zero-order chi connectivity index (χ0) is 11.1. The molecular weight excluding hydrogens is 192 g/mol. The monoisotopic (exact) mass is 208 g/mol. The molecule has 4 heteroatoms. The number of nitrogens with zero attached hydrogens (tertiary/aromatic N) is 1. The first-order valence-corrected chi connectivity index (χ1v) is 5.39. The predicted molar refractivity (Wildman–Crippen MR) is 55.9 cm³/mol. The van der Waals surface area contributed by atoms with Gasteiger partial charge in [-0.15, -0.1) is 0 Å². The highest BCUT2D eigenvalue weighted by Gasteiger charge is 2.48. The summed E-state index contributed by atoms with van der Waals surface area (Å²) in [6, 6.07) is 0. The average Bonchev–Trinajstić information content (AvgIpc) is 2.44. The molecule has 0 aromatic carbocycles. The van der Waals surface area contributed by atoms with E-state index in [-0.39, 0.29) is 0 Å². The van der Waals surface area contributed by atoms with Crippen LogP contribution >= 0.6 is 0 Å². The zero-order valence-corrected chi connectivity index (χ0v) is 9.13. The molecule has 1 aromatic heterocycles. The summed E-state index contributed by atoms with van der Waals surface area (Å²) in [5, 5.41) is 9.25. The van der Waals surface area contributed by atoms with Gasteiger partial charge in [0.15, 0.2) is 0 Å². The van der Waals surface area contributed by atoms with Crippen LogP contribution in [0, 0.1) is 6.92 Å². The van der Waals surface area contributed by atoms with Crippen LogP contribution in [0.2, 0.25) is 0 Å². The van der Waals surface area contributed by atoms with Gasteiger partial charge in [-0.3, -0.25) is 4.79 Å². The van der Waals surface area contributed by atoms with Gasteiger partial charge in [-0.05, 0) is 26.2 Å². The number of aromatic amines is 1. The number of aliphatic carboxylic acids is 1. The van der Waals surface area contributed by atoms with Gasteiger partial charge in [-0.25, -0.2) is 4.98 Å². The molecule has 1 fully saturated rings. The van der Waals surface area contributed by atoms with Gasteiger partial charge in [0.2, 0.25) is 0 Å². The summed E-state index contributed by atoms with van der Waals surface area (Å²) >= 11 is 0. The Bertz CT molecular complexity index is 391. The predicted octanol–water partition coefficient (Wildman–Crippen LogP) is 1.79. The second-order valence-electron chi connectivity index (χ2n) is 4.25. The molecule has 1 aliphatic rings. The van der Waals surface area contributed by atoms with Crippen molar-refractivity contribution in [2.75, 3.05) is 0 Å². The summed E-state index contributed by atoms with van der Waals surface area (Å²) in [6.07, 6.45) is 3.24. The lowest BCUT2D eigenvalue weighted by Gasteiger charge is -2.35. The van der Waals surface area contributed by atoms with E-state index in [1.807, 2.05) is 13.8 Å². The fraction of sp³-hybridized carbons (Fsp3) is 0.636. The largest absolute Gasteiger partial charge is 0.480 e. The second kappa shape index (κ2) is 3.36. The molecule has 4 nitrogen and oxygen atoms in total. The normalized spacial score (nSPS) is 18.5.